The van der Waals surface area contributed by atoms with Crippen LogP contribution in [0.2, 0.25) is 0 Å². The van der Waals surface area contributed by atoms with E-state index in [9.17, 15) is 13.6 Å². The fourth-order valence-electron chi connectivity index (χ4n) is 3.85. The molecule has 0 aliphatic carbocycles. The number of para-hydroxylation sites is 2. The summed E-state index contributed by atoms with van der Waals surface area (Å²) in [5, 5.41) is 0. The lowest BCUT2D eigenvalue weighted by molar-refractivity contribution is -0.127. The van der Waals surface area contributed by atoms with Crippen LogP contribution in [0.3, 0.4) is 0 Å². The highest BCUT2D eigenvalue weighted by Crippen LogP contribution is 2.27. The van der Waals surface area contributed by atoms with Crippen molar-refractivity contribution in [2.45, 2.75) is 6.54 Å². The molecule has 1 aromatic heterocycles. The van der Waals surface area contributed by atoms with Crippen LogP contribution in [-0.2, 0) is 11.3 Å². The van der Waals surface area contributed by atoms with Crippen LogP contribution in [0.1, 0.15) is 17.0 Å². The van der Waals surface area contributed by atoms with E-state index in [0.717, 1.165) is 21.1 Å². The van der Waals surface area contributed by atoms with Gasteiger partial charge in [0, 0.05) is 4.47 Å². The number of carbonyl (C=O) groups is 1. The summed E-state index contributed by atoms with van der Waals surface area (Å²) in [5.74, 6) is -0.817. The maximum atomic E-state index is 13.7. The molecule has 5 rings (SSSR count). The molecule has 0 aliphatic rings. The Balaban J connectivity index is 1.63. The number of halogens is 3. The Labute approximate surface area is 214 Å². The second kappa shape index (κ2) is 10.3. The van der Waals surface area contributed by atoms with Crippen molar-refractivity contribution < 1.29 is 18.3 Å². The molecule has 0 bridgehead atoms. The third-order valence-corrected chi connectivity index (χ3v) is 6.42. The summed E-state index contributed by atoms with van der Waals surface area (Å²) in [6, 6.07) is 26.3. The monoisotopic (exact) mass is 544 g/mol. The van der Waals surface area contributed by atoms with Gasteiger partial charge in [-0.2, -0.15) is 0 Å². The van der Waals surface area contributed by atoms with E-state index < -0.39 is 17.6 Å². The van der Waals surface area contributed by atoms with Crippen LogP contribution in [-0.4, -0.2) is 15.5 Å². The van der Waals surface area contributed by atoms with Crippen LogP contribution in [0.15, 0.2) is 102 Å². The molecule has 4 nitrogen and oxygen atoms in total. The second-order valence-corrected chi connectivity index (χ2v) is 8.90. The van der Waals surface area contributed by atoms with Gasteiger partial charge in [0.15, 0.2) is 0 Å². The first-order chi connectivity index (χ1) is 17.5. The third-order valence-electron chi connectivity index (χ3n) is 5.64. The molecule has 36 heavy (non-hydrogen) atoms. The van der Waals surface area contributed by atoms with E-state index in [-0.39, 0.29) is 11.3 Å². The van der Waals surface area contributed by atoms with Gasteiger partial charge in [-0.05, 0) is 71.8 Å². The van der Waals surface area contributed by atoms with Gasteiger partial charge < -0.3 is 9.30 Å². The molecular weight excluding hydrogens is 526 g/mol. The van der Waals surface area contributed by atoms with E-state index in [4.69, 9.17) is 9.72 Å². The largest absolute Gasteiger partial charge is 0.423 e. The molecule has 4 aromatic carbocycles. The molecule has 5 aromatic rings. The molecule has 1 heterocycles. The van der Waals surface area contributed by atoms with Gasteiger partial charge in [0.1, 0.15) is 23.2 Å². The smallest absolute Gasteiger partial charge is 0.344 e. The number of benzene rings is 4. The Morgan fingerprint density at radius 2 is 1.50 bits per heavy atom. The molecule has 0 atom stereocenters. The maximum Gasteiger partial charge on any atom is 0.344 e. The number of fused-ring (bicyclic) bond motifs is 1. The Hall–Kier alpha value is -4.10. The highest BCUT2D eigenvalue weighted by molar-refractivity contribution is 9.10. The van der Waals surface area contributed by atoms with Crippen LogP contribution in [0.4, 0.5) is 8.78 Å². The standard InChI is InChI=1S/C29H19BrF2N2O2/c30-25-6-2-1-5-20(25)18-34-27-8-4-3-7-26(27)33-28(34)17-24(19-9-11-21(31)12-10-19)29(35)36-23-15-13-22(32)14-16-23/h1-17H,18H2. The molecule has 0 spiro atoms. The van der Waals surface area contributed by atoms with Crippen LogP contribution < -0.4 is 4.74 Å². The van der Waals surface area contributed by atoms with Crippen molar-refractivity contribution in [3.8, 4) is 5.75 Å². The molecule has 0 N–H and O–H groups in total. The first kappa shape index (κ1) is 23.6. The number of hydrogen-bond donors (Lipinski definition) is 0. The van der Waals surface area contributed by atoms with Crippen LogP contribution in [0, 0.1) is 11.6 Å². The predicted molar refractivity (Wildman–Crippen MR) is 139 cm³/mol. The average molecular weight is 545 g/mol. The van der Waals surface area contributed by atoms with Gasteiger partial charge in [0.05, 0.1) is 23.2 Å². The molecule has 7 heteroatoms. The average Bonchev–Trinajstić information content (AvgIpc) is 3.23. The minimum atomic E-state index is -0.673. The number of aromatic nitrogens is 2. The van der Waals surface area contributed by atoms with E-state index in [1.54, 1.807) is 6.08 Å². The molecule has 0 unspecified atom stereocenters. The zero-order chi connectivity index (χ0) is 25.1. The molecule has 0 aliphatic heterocycles. The van der Waals surface area contributed by atoms with Crippen molar-refractivity contribution in [3.05, 3.63) is 130 Å². The van der Waals surface area contributed by atoms with Crippen molar-refractivity contribution >= 4 is 44.6 Å². The Morgan fingerprint density at radius 1 is 0.861 bits per heavy atom. The van der Waals surface area contributed by atoms with Crippen LogP contribution >= 0.6 is 15.9 Å². The number of rotatable bonds is 6. The van der Waals surface area contributed by atoms with Gasteiger partial charge in [0.2, 0.25) is 0 Å². The van der Waals surface area contributed by atoms with Crippen molar-refractivity contribution in [2.24, 2.45) is 0 Å². The number of imidazole rings is 1. The summed E-state index contributed by atoms with van der Waals surface area (Å²) in [4.78, 5) is 18.1. The first-order valence-corrected chi connectivity index (χ1v) is 11.9. The highest BCUT2D eigenvalue weighted by atomic mass is 79.9. The Morgan fingerprint density at radius 3 is 2.22 bits per heavy atom. The summed E-state index contributed by atoms with van der Waals surface area (Å²) in [7, 11) is 0. The number of carbonyl (C=O) groups excluding carboxylic acids is 1. The molecular formula is C29H19BrF2N2O2. The van der Waals surface area contributed by atoms with Gasteiger partial charge in [0.25, 0.3) is 0 Å². The van der Waals surface area contributed by atoms with E-state index in [0.29, 0.717) is 17.9 Å². The van der Waals surface area contributed by atoms with Crippen LogP contribution in [0.5, 0.6) is 5.75 Å². The lowest BCUT2D eigenvalue weighted by atomic mass is 10.1. The van der Waals surface area contributed by atoms with Gasteiger partial charge in [-0.25, -0.2) is 18.6 Å². The maximum absolute atomic E-state index is 13.7. The van der Waals surface area contributed by atoms with Crippen molar-refractivity contribution in [2.75, 3.05) is 0 Å². The van der Waals surface area contributed by atoms with Gasteiger partial charge in [-0.1, -0.05) is 58.4 Å². The topological polar surface area (TPSA) is 44.1 Å². The summed E-state index contributed by atoms with van der Waals surface area (Å²) in [5.41, 5.74) is 3.34. The molecule has 0 saturated carbocycles. The zero-order valence-corrected chi connectivity index (χ0v) is 20.5. The molecule has 178 valence electrons. The third kappa shape index (κ3) is 5.11. The van der Waals surface area contributed by atoms with Gasteiger partial charge in [-0.15, -0.1) is 0 Å². The summed E-state index contributed by atoms with van der Waals surface area (Å²) in [6.45, 7) is 0.497. The second-order valence-electron chi connectivity index (χ2n) is 8.04. The SMILES string of the molecule is O=C(Oc1ccc(F)cc1)C(=Cc1nc2ccccc2n1Cc1ccccc1Br)c1ccc(F)cc1. The lowest BCUT2D eigenvalue weighted by Gasteiger charge is -2.12. The minimum absolute atomic E-state index is 0.183. The molecule has 0 amide bonds. The van der Waals surface area contributed by atoms with E-state index in [2.05, 4.69) is 15.9 Å². The van der Waals surface area contributed by atoms with E-state index in [1.165, 1.54) is 48.5 Å². The lowest BCUT2D eigenvalue weighted by Crippen LogP contribution is -2.12. The van der Waals surface area contributed by atoms with Crippen molar-refractivity contribution in [3.63, 3.8) is 0 Å². The molecule has 0 fully saturated rings. The Bertz CT molecular complexity index is 1580. The fraction of sp³-hybridized carbons (Fsp3) is 0.0345. The normalized spacial score (nSPS) is 11.6. The highest BCUT2D eigenvalue weighted by Gasteiger charge is 2.19. The quantitative estimate of drug-likeness (QED) is 0.128. The number of hydrogen-bond acceptors (Lipinski definition) is 3. The van der Waals surface area contributed by atoms with Gasteiger partial charge in [-0.3, -0.25) is 0 Å². The summed E-state index contributed by atoms with van der Waals surface area (Å²) in [6.07, 6.45) is 1.63. The van der Waals surface area contributed by atoms with E-state index >= 15 is 0 Å². The number of ether oxygens (including phenoxy) is 1. The van der Waals surface area contributed by atoms with Crippen LogP contribution in [0.25, 0.3) is 22.7 Å². The summed E-state index contributed by atoms with van der Waals surface area (Å²) < 4.78 is 35.5. The zero-order valence-electron chi connectivity index (χ0n) is 18.9. The van der Waals surface area contributed by atoms with Gasteiger partial charge >= 0.3 is 5.97 Å². The Kier molecular flexibility index (Phi) is 6.73. The number of esters is 1. The number of nitrogens with zero attached hydrogens (tertiary/aromatic N) is 2. The molecule has 0 radical (unpaired) electrons. The predicted octanol–water partition coefficient (Wildman–Crippen LogP) is 7.27. The van der Waals surface area contributed by atoms with Crippen molar-refractivity contribution in [1.82, 2.24) is 9.55 Å². The van der Waals surface area contributed by atoms with Crippen molar-refractivity contribution in [1.29, 1.82) is 0 Å². The van der Waals surface area contributed by atoms with E-state index in [1.807, 2.05) is 53.1 Å². The first-order valence-electron chi connectivity index (χ1n) is 11.1. The molecule has 0 saturated heterocycles. The fourth-order valence-corrected chi connectivity index (χ4v) is 4.26. The summed E-state index contributed by atoms with van der Waals surface area (Å²) >= 11 is 3.60. The minimum Gasteiger partial charge on any atom is -0.423 e.